The fourth-order valence-electron chi connectivity index (χ4n) is 0.698. The minimum absolute atomic E-state index is 0.215. The second-order valence-corrected chi connectivity index (χ2v) is 3.48. The largest absolute Gasteiger partial charge is 0.460 e. The number of nitrogens with zero attached hydrogens (tertiary/aromatic N) is 1. The second kappa shape index (κ2) is 5.43. The molecule has 0 N–H and O–H groups in total. The Hall–Kier alpha value is -1.30. The first kappa shape index (κ1) is 12.7. The van der Waals surface area contributed by atoms with Gasteiger partial charge >= 0.3 is 5.97 Å². The maximum atomic E-state index is 11.5. The molecule has 0 aromatic heterocycles. The molecule has 0 amide bonds. The van der Waals surface area contributed by atoms with E-state index < -0.39 is 11.4 Å². The molecule has 0 heterocycles. The van der Waals surface area contributed by atoms with E-state index in [0.717, 1.165) is 12.0 Å². The van der Waals surface area contributed by atoms with Crippen LogP contribution in [0.1, 0.15) is 33.6 Å². The molecule has 0 radical (unpaired) electrons. The number of rotatable bonds is 5. The molecule has 0 aliphatic heterocycles. The van der Waals surface area contributed by atoms with Gasteiger partial charge in [0.05, 0.1) is 6.07 Å². The molecular weight excluding hydrogens is 178 g/mol. The molecule has 0 saturated heterocycles. The number of esters is 1. The molecule has 1 atom stereocenters. The van der Waals surface area contributed by atoms with Crippen LogP contribution in [-0.2, 0) is 9.53 Å². The van der Waals surface area contributed by atoms with E-state index in [9.17, 15) is 4.79 Å². The lowest BCUT2D eigenvalue weighted by Gasteiger charge is -2.17. The molecule has 0 aromatic carbocycles. The lowest BCUT2D eigenvalue weighted by atomic mass is 9.90. The van der Waals surface area contributed by atoms with Gasteiger partial charge in [0.15, 0.2) is 5.41 Å². The summed E-state index contributed by atoms with van der Waals surface area (Å²) in [6.45, 7) is 9.26. The summed E-state index contributed by atoms with van der Waals surface area (Å²) in [6.07, 6.45) is 1.24. The summed E-state index contributed by atoms with van der Waals surface area (Å²) in [5.41, 5.74) is -0.164. The highest BCUT2D eigenvalue weighted by Crippen LogP contribution is 2.21. The van der Waals surface area contributed by atoms with Crippen molar-refractivity contribution >= 4 is 5.97 Å². The summed E-state index contributed by atoms with van der Waals surface area (Å²) < 4.78 is 4.98. The molecule has 0 fully saturated rings. The van der Waals surface area contributed by atoms with Crippen LogP contribution in [0.3, 0.4) is 0 Å². The molecule has 0 aliphatic rings. The van der Waals surface area contributed by atoms with Crippen LogP contribution < -0.4 is 0 Å². The van der Waals surface area contributed by atoms with E-state index in [-0.39, 0.29) is 6.61 Å². The van der Waals surface area contributed by atoms with Crippen molar-refractivity contribution in [2.45, 2.75) is 33.6 Å². The van der Waals surface area contributed by atoms with Gasteiger partial charge in [0.25, 0.3) is 0 Å². The highest BCUT2D eigenvalue weighted by Gasteiger charge is 2.32. The van der Waals surface area contributed by atoms with Gasteiger partial charge in [-0.05, 0) is 25.3 Å². The van der Waals surface area contributed by atoms with Crippen molar-refractivity contribution in [2.75, 3.05) is 6.61 Å². The molecule has 3 nitrogen and oxygen atoms in total. The maximum Gasteiger partial charge on any atom is 0.326 e. The Kier molecular flexibility index (Phi) is 4.93. The number of hydrogen-bond donors (Lipinski definition) is 0. The lowest BCUT2D eigenvalue weighted by Crippen LogP contribution is -2.28. The maximum absolute atomic E-state index is 11.5. The third-order valence-electron chi connectivity index (χ3n) is 2.31. The molecule has 14 heavy (non-hydrogen) atoms. The summed E-state index contributed by atoms with van der Waals surface area (Å²) in [6, 6.07) is 1.97. The van der Waals surface area contributed by atoms with Gasteiger partial charge in [-0.1, -0.05) is 20.4 Å². The van der Waals surface area contributed by atoms with Crippen LogP contribution >= 0.6 is 0 Å². The topological polar surface area (TPSA) is 50.1 Å². The first-order valence-electron chi connectivity index (χ1n) is 4.75. The zero-order valence-corrected chi connectivity index (χ0v) is 9.09. The first-order chi connectivity index (χ1) is 6.50. The third-order valence-corrected chi connectivity index (χ3v) is 2.31. The number of nitriles is 1. The molecule has 78 valence electrons. The first-order valence-corrected chi connectivity index (χ1v) is 4.75. The minimum atomic E-state index is -1.02. The number of carbonyl (C=O) groups excluding carboxylic acids is 1. The smallest absolute Gasteiger partial charge is 0.326 e. The number of carbonyl (C=O) groups is 1. The van der Waals surface area contributed by atoms with Gasteiger partial charge in [-0.25, -0.2) is 0 Å². The van der Waals surface area contributed by atoms with Crippen LogP contribution in [0.25, 0.3) is 0 Å². The van der Waals surface area contributed by atoms with Crippen LogP contribution in [0.15, 0.2) is 12.2 Å². The Morgan fingerprint density at radius 2 is 2.14 bits per heavy atom. The zero-order valence-electron chi connectivity index (χ0n) is 9.09. The van der Waals surface area contributed by atoms with Crippen molar-refractivity contribution < 1.29 is 9.53 Å². The Bertz CT molecular complexity index is 265. The van der Waals surface area contributed by atoms with Crippen molar-refractivity contribution in [1.82, 2.24) is 0 Å². The third kappa shape index (κ3) is 3.21. The Labute approximate surface area is 85.4 Å². The van der Waals surface area contributed by atoms with E-state index in [1.165, 1.54) is 0 Å². The van der Waals surface area contributed by atoms with Crippen molar-refractivity contribution in [3.63, 3.8) is 0 Å². The number of ether oxygens (including phenoxy) is 1. The van der Waals surface area contributed by atoms with E-state index in [1.807, 2.05) is 13.0 Å². The Balaban J connectivity index is 4.22. The zero-order chi connectivity index (χ0) is 11.2. The predicted molar refractivity (Wildman–Crippen MR) is 54.4 cm³/mol. The average molecular weight is 195 g/mol. The molecule has 0 aliphatic carbocycles. The van der Waals surface area contributed by atoms with Gasteiger partial charge in [-0.3, -0.25) is 4.79 Å². The highest BCUT2D eigenvalue weighted by molar-refractivity contribution is 5.79. The summed E-state index contributed by atoms with van der Waals surface area (Å²) in [4.78, 5) is 11.5. The Morgan fingerprint density at radius 3 is 2.50 bits per heavy atom. The summed E-state index contributed by atoms with van der Waals surface area (Å²) in [5.74, 6) is -0.461. The predicted octanol–water partition coefficient (Wildman–Crippen LogP) is 2.44. The molecule has 0 rings (SSSR count). The van der Waals surface area contributed by atoms with Gasteiger partial charge in [0.1, 0.15) is 6.61 Å². The van der Waals surface area contributed by atoms with Crippen molar-refractivity contribution in [1.29, 1.82) is 5.26 Å². The second-order valence-electron chi connectivity index (χ2n) is 3.48. The SMILES string of the molecule is C=C(CC)COC(=O)C(C)(C#N)CC. The van der Waals surface area contributed by atoms with Crippen LogP contribution in [0.2, 0.25) is 0 Å². The van der Waals surface area contributed by atoms with E-state index in [0.29, 0.717) is 6.42 Å². The van der Waals surface area contributed by atoms with Gasteiger partial charge in [-0.2, -0.15) is 5.26 Å². The molecule has 0 saturated carbocycles. The Morgan fingerprint density at radius 1 is 1.57 bits per heavy atom. The molecule has 0 spiro atoms. The summed E-state index contributed by atoms with van der Waals surface area (Å²) >= 11 is 0. The normalized spacial score (nSPS) is 13.9. The highest BCUT2D eigenvalue weighted by atomic mass is 16.5. The minimum Gasteiger partial charge on any atom is -0.460 e. The molecule has 1 unspecified atom stereocenters. The lowest BCUT2D eigenvalue weighted by molar-refractivity contribution is -0.150. The van der Waals surface area contributed by atoms with E-state index >= 15 is 0 Å². The van der Waals surface area contributed by atoms with Crippen molar-refractivity contribution in [3.05, 3.63) is 12.2 Å². The van der Waals surface area contributed by atoms with Gasteiger partial charge < -0.3 is 4.74 Å². The van der Waals surface area contributed by atoms with Crippen LogP contribution in [0.4, 0.5) is 0 Å². The quantitative estimate of drug-likeness (QED) is 0.500. The van der Waals surface area contributed by atoms with Crippen molar-refractivity contribution in [3.8, 4) is 6.07 Å². The van der Waals surface area contributed by atoms with E-state index in [1.54, 1.807) is 13.8 Å². The van der Waals surface area contributed by atoms with Crippen molar-refractivity contribution in [2.24, 2.45) is 5.41 Å². The molecule has 3 heteroatoms. The summed E-state index contributed by atoms with van der Waals surface area (Å²) in [7, 11) is 0. The monoisotopic (exact) mass is 195 g/mol. The van der Waals surface area contributed by atoms with Crippen LogP contribution in [0, 0.1) is 16.7 Å². The average Bonchev–Trinajstić information content (AvgIpc) is 2.23. The summed E-state index contributed by atoms with van der Waals surface area (Å²) in [5, 5.41) is 8.80. The van der Waals surface area contributed by atoms with Crippen LogP contribution in [-0.4, -0.2) is 12.6 Å². The van der Waals surface area contributed by atoms with E-state index in [4.69, 9.17) is 10.00 Å². The van der Waals surface area contributed by atoms with Crippen LogP contribution in [0.5, 0.6) is 0 Å². The fourth-order valence-corrected chi connectivity index (χ4v) is 0.698. The fraction of sp³-hybridized carbons (Fsp3) is 0.636. The molecular formula is C11H17NO2. The standard InChI is InChI=1S/C11H17NO2/c1-5-9(3)7-14-10(13)11(4,6-2)8-12/h3,5-7H2,1-2,4H3. The molecule has 0 aromatic rings. The number of hydrogen-bond acceptors (Lipinski definition) is 3. The van der Waals surface area contributed by atoms with E-state index in [2.05, 4.69) is 6.58 Å². The van der Waals surface area contributed by atoms with Gasteiger partial charge in [-0.15, -0.1) is 0 Å². The van der Waals surface area contributed by atoms with Gasteiger partial charge in [0.2, 0.25) is 0 Å². The molecule has 0 bridgehead atoms. The van der Waals surface area contributed by atoms with Gasteiger partial charge in [0, 0.05) is 0 Å².